The SMILES string of the molecule is COC(=O)c1ccc(C(C)N2CCN3C(=O)NCC3C2)o1. The molecular formula is C14H19N3O4. The number of methoxy groups -OCH3 is 1. The largest absolute Gasteiger partial charge is 0.463 e. The van der Waals surface area contributed by atoms with Crippen molar-refractivity contribution < 1.29 is 18.7 Å². The van der Waals surface area contributed by atoms with E-state index in [0.717, 1.165) is 18.8 Å². The van der Waals surface area contributed by atoms with Gasteiger partial charge >= 0.3 is 12.0 Å². The Balaban J connectivity index is 1.68. The summed E-state index contributed by atoms with van der Waals surface area (Å²) in [6, 6.07) is 3.74. The fraction of sp³-hybridized carbons (Fsp3) is 0.571. The van der Waals surface area contributed by atoms with Crippen LogP contribution in [0.25, 0.3) is 0 Å². The molecule has 0 bridgehead atoms. The molecule has 7 nitrogen and oxygen atoms in total. The van der Waals surface area contributed by atoms with Crippen molar-refractivity contribution in [2.24, 2.45) is 0 Å². The van der Waals surface area contributed by atoms with Gasteiger partial charge in [-0.05, 0) is 19.1 Å². The summed E-state index contributed by atoms with van der Waals surface area (Å²) >= 11 is 0. The van der Waals surface area contributed by atoms with Crippen LogP contribution in [0.4, 0.5) is 4.79 Å². The minimum Gasteiger partial charge on any atom is -0.463 e. The summed E-state index contributed by atoms with van der Waals surface area (Å²) in [6.07, 6.45) is 0. The molecule has 7 heteroatoms. The lowest BCUT2D eigenvalue weighted by molar-refractivity contribution is 0.0549. The molecule has 114 valence electrons. The number of nitrogens with one attached hydrogen (secondary N) is 1. The average molecular weight is 293 g/mol. The summed E-state index contributed by atoms with van der Waals surface area (Å²) in [5.74, 6) is 0.487. The molecule has 2 saturated heterocycles. The fourth-order valence-electron chi connectivity index (χ4n) is 2.95. The molecule has 1 aromatic heterocycles. The van der Waals surface area contributed by atoms with Crippen molar-refractivity contribution in [3.8, 4) is 0 Å². The number of esters is 1. The van der Waals surface area contributed by atoms with E-state index >= 15 is 0 Å². The number of piperazine rings is 1. The Morgan fingerprint density at radius 1 is 1.48 bits per heavy atom. The Bertz CT molecular complexity index is 556. The van der Waals surface area contributed by atoms with Gasteiger partial charge in [-0.1, -0.05) is 0 Å². The summed E-state index contributed by atoms with van der Waals surface area (Å²) in [5.41, 5.74) is 0. The molecule has 3 rings (SSSR count). The standard InChI is InChI=1S/C14H19N3O4/c1-9(11-3-4-12(21-11)13(18)20-2)16-5-6-17-10(8-16)7-15-14(17)19/h3-4,9-10H,5-8H2,1-2H3,(H,15,19). The van der Waals surface area contributed by atoms with Crippen molar-refractivity contribution in [1.82, 2.24) is 15.1 Å². The van der Waals surface area contributed by atoms with Crippen molar-refractivity contribution in [2.75, 3.05) is 33.3 Å². The van der Waals surface area contributed by atoms with Crippen molar-refractivity contribution in [2.45, 2.75) is 19.0 Å². The third kappa shape index (κ3) is 2.49. The van der Waals surface area contributed by atoms with E-state index in [1.807, 2.05) is 11.8 Å². The zero-order valence-corrected chi connectivity index (χ0v) is 12.2. The summed E-state index contributed by atoms with van der Waals surface area (Å²) in [6.45, 7) is 5.03. The highest BCUT2D eigenvalue weighted by Gasteiger charge is 2.37. The van der Waals surface area contributed by atoms with E-state index in [4.69, 9.17) is 4.42 Å². The van der Waals surface area contributed by atoms with Gasteiger partial charge in [-0.15, -0.1) is 0 Å². The molecule has 0 aliphatic carbocycles. The fourth-order valence-corrected chi connectivity index (χ4v) is 2.95. The third-order valence-corrected chi connectivity index (χ3v) is 4.24. The zero-order chi connectivity index (χ0) is 15.0. The predicted octanol–water partition coefficient (Wildman–Crippen LogP) is 0.837. The molecule has 0 saturated carbocycles. The molecule has 2 aliphatic rings. The highest BCUT2D eigenvalue weighted by molar-refractivity contribution is 5.86. The van der Waals surface area contributed by atoms with Crippen LogP contribution in [0.5, 0.6) is 0 Å². The second-order valence-electron chi connectivity index (χ2n) is 5.40. The summed E-state index contributed by atoms with van der Waals surface area (Å²) in [7, 11) is 1.33. The number of rotatable bonds is 3. The topological polar surface area (TPSA) is 75.0 Å². The summed E-state index contributed by atoms with van der Waals surface area (Å²) in [5, 5.41) is 2.86. The molecule has 2 atom stereocenters. The number of ether oxygens (including phenoxy) is 1. The van der Waals surface area contributed by atoms with E-state index in [1.54, 1.807) is 12.1 Å². The van der Waals surface area contributed by atoms with E-state index in [1.165, 1.54) is 7.11 Å². The Kier molecular flexibility index (Phi) is 3.59. The zero-order valence-electron chi connectivity index (χ0n) is 12.2. The number of amides is 2. The van der Waals surface area contributed by atoms with E-state index in [2.05, 4.69) is 15.0 Å². The lowest BCUT2D eigenvalue weighted by atomic mass is 10.1. The molecule has 0 spiro atoms. The van der Waals surface area contributed by atoms with Crippen LogP contribution >= 0.6 is 0 Å². The summed E-state index contributed by atoms with van der Waals surface area (Å²) in [4.78, 5) is 27.2. The van der Waals surface area contributed by atoms with E-state index in [0.29, 0.717) is 13.1 Å². The summed E-state index contributed by atoms with van der Waals surface area (Å²) < 4.78 is 10.2. The predicted molar refractivity (Wildman–Crippen MR) is 73.9 cm³/mol. The van der Waals surface area contributed by atoms with Gasteiger partial charge < -0.3 is 19.4 Å². The Labute approximate surface area is 122 Å². The molecule has 0 aromatic carbocycles. The first-order chi connectivity index (χ1) is 10.1. The number of carbonyl (C=O) groups is 2. The van der Waals surface area contributed by atoms with Crippen LogP contribution in [0.15, 0.2) is 16.5 Å². The maximum absolute atomic E-state index is 11.6. The highest BCUT2D eigenvalue weighted by Crippen LogP contribution is 2.26. The lowest BCUT2D eigenvalue weighted by Crippen LogP contribution is -2.52. The van der Waals surface area contributed by atoms with E-state index < -0.39 is 5.97 Å². The molecule has 3 heterocycles. The van der Waals surface area contributed by atoms with Crippen LogP contribution in [0.2, 0.25) is 0 Å². The number of hydrogen-bond donors (Lipinski definition) is 1. The molecule has 2 fully saturated rings. The second kappa shape index (κ2) is 5.40. The van der Waals surface area contributed by atoms with Gasteiger partial charge in [0.05, 0.1) is 19.2 Å². The second-order valence-corrected chi connectivity index (χ2v) is 5.40. The van der Waals surface area contributed by atoms with Gasteiger partial charge in [0.1, 0.15) is 5.76 Å². The molecular weight excluding hydrogens is 274 g/mol. The van der Waals surface area contributed by atoms with Crippen LogP contribution in [-0.4, -0.2) is 61.1 Å². The van der Waals surface area contributed by atoms with Crippen LogP contribution in [0.3, 0.4) is 0 Å². The van der Waals surface area contributed by atoms with Gasteiger partial charge in [-0.25, -0.2) is 9.59 Å². The normalized spacial score (nSPS) is 23.6. The quantitative estimate of drug-likeness (QED) is 0.836. The number of carbonyl (C=O) groups excluding carboxylic acids is 2. The molecule has 1 N–H and O–H groups in total. The Morgan fingerprint density at radius 3 is 3.05 bits per heavy atom. The Hall–Kier alpha value is -2.02. The van der Waals surface area contributed by atoms with Gasteiger partial charge in [0.15, 0.2) is 0 Å². The van der Waals surface area contributed by atoms with Gasteiger partial charge in [0.25, 0.3) is 0 Å². The first kappa shape index (κ1) is 13.9. The number of furan rings is 1. The monoisotopic (exact) mass is 293 g/mol. The minimum atomic E-state index is -0.469. The maximum atomic E-state index is 11.6. The van der Waals surface area contributed by atoms with Gasteiger partial charge in [-0.2, -0.15) is 0 Å². The van der Waals surface area contributed by atoms with Crippen molar-refractivity contribution >= 4 is 12.0 Å². The third-order valence-electron chi connectivity index (χ3n) is 4.24. The van der Waals surface area contributed by atoms with Crippen molar-refractivity contribution in [3.05, 3.63) is 23.7 Å². The molecule has 2 aliphatic heterocycles. The minimum absolute atomic E-state index is 0.0262. The average Bonchev–Trinajstić information content (AvgIpc) is 3.13. The van der Waals surface area contributed by atoms with E-state index in [-0.39, 0.29) is 23.9 Å². The molecule has 1 aromatic rings. The maximum Gasteiger partial charge on any atom is 0.373 e. The van der Waals surface area contributed by atoms with E-state index in [9.17, 15) is 9.59 Å². The first-order valence-electron chi connectivity index (χ1n) is 7.06. The van der Waals surface area contributed by atoms with Crippen LogP contribution in [0.1, 0.15) is 29.3 Å². The van der Waals surface area contributed by atoms with Crippen LogP contribution < -0.4 is 5.32 Å². The van der Waals surface area contributed by atoms with Crippen molar-refractivity contribution in [1.29, 1.82) is 0 Å². The van der Waals surface area contributed by atoms with Gasteiger partial charge in [0, 0.05) is 26.2 Å². The van der Waals surface area contributed by atoms with Crippen LogP contribution in [-0.2, 0) is 4.74 Å². The molecule has 21 heavy (non-hydrogen) atoms. The van der Waals surface area contributed by atoms with Gasteiger partial charge in [-0.3, -0.25) is 4.90 Å². The smallest absolute Gasteiger partial charge is 0.373 e. The highest BCUT2D eigenvalue weighted by atomic mass is 16.5. The van der Waals surface area contributed by atoms with Crippen LogP contribution in [0, 0.1) is 0 Å². The van der Waals surface area contributed by atoms with Crippen molar-refractivity contribution in [3.63, 3.8) is 0 Å². The lowest BCUT2D eigenvalue weighted by Gasteiger charge is -2.38. The molecule has 0 radical (unpaired) electrons. The molecule has 2 unspecified atom stereocenters. The number of fused-ring (bicyclic) bond motifs is 1. The number of nitrogens with zero attached hydrogens (tertiary/aromatic N) is 2. The molecule has 2 amide bonds. The first-order valence-corrected chi connectivity index (χ1v) is 7.06. The number of urea groups is 1. The van der Waals surface area contributed by atoms with Gasteiger partial charge in [0.2, 0.25) is 5.76 Å². The Morgan fingerprint density at radius 2 is 2.29 bits per heavy atom. The number of hydrogen-bond acceptors (Lipinski definition) is 5.